The topological polar surface area (TPSA) is 287 Å². The van der Waals surface area contributed by atoms with E-state index in [4.69, 9.17) is 31.1 Å². The van der Waals surface area contributed by atoms with Gasteiger partial charge in [0.15, 0.2) is 5.83 Å². The standard InChI is InChI=1S/C12H13O2.C12H10.C11H11O2.C9H12FO2.C6H6F3O2.C6H6NO2.C6H6.C5H6ClO2.C5H6FO2.C5H6O2.2C4H5FO2.2CH3.11Rf/c1-3-14-12(13)10(2)9-11-7-5-4-6-8-11;1-3-7-11(8-4-1)12-9-5-2-6-10-12;1-3-13-11(12)9(2)10-7-5-4-6-8-10;1-7(10)9(11)12-8-5-3-2-4-6-8;1-3-11-5(10)4(2)6(7,8)9;1-3-9-6(8)5(2)4-7;1-2-4-6-5-3-1;2*1-3-8-5(7)4(2)6;1-3-5(6)7-4-2;2*1-3(5)4(6)7-2;;;;;;;;;;;;;/h3-8H,2,9H2,1H3;1-10H;3-8H,2H2,1H3;2,8H,1,3-6H2;3H,2H2,1H3;3H,2H2,1H3;1-6H;2*3H,2H2,1H3;4H,1H2,2H3;2*1H2,2H3;2*1H3;;;;;;;;;;;/q-1;;4*-1;;2*-1;-2;;;2*-1;;;;;;;;;;;. The van der Waals surface area contributed by atoms with E-state index in [1.54, 1.807) is 40.7 Å². The van der Waals surface area contributed by atoms with Crippen LogP contribution in [0.25, 0.3) is 16.7 Å². The van der Waals surface area contributed by atoms with Crippen molar-refractivity contribution in [1.82, 2.24) is 0 Å². The monoisotopic (exact) mass is 4580 g/mol. The van der Waals surface area contributed by atoms with E-state index in [9.17, 15) is 78.7 Å². The Labute approximate surface area is 682 Å². The third-order valence-corrected chi connectivity index (χ3v) is 11.4. The molecule has 1 saturated carbocycles. The first kappa shape index (κ1) is 152. The summed E-state index contributed by atoms with van der Waals surface area (Å²) in [7, 11) is 2.18. The maximum atomic E-state index is 12.2. The molecule has 0 spiro atoms. The molecule has 21 nitrogen and oxygen atoms in total. The zero-order chi connectivity index (χ0) is 88.4. The number of carbonyl (C=O) groups is 10. The molecule has 1 aliphatic carbocycles. The number of hydrogen-bond donors (Lipinski definition) is 0. The molecule has 0 aliphatic heterocycles. The summed E-state index contributed by atoms with van der Waals surface area (Å²) in [4.78, 5) is 104. The predicted molar refractivity (Wildman–Crippen MR) is 430 cm³/mol. The fraction of sp³-hybridized carbons (Fsp3) is 0.184. The number of nitrogens with zero attached hydrogens (tertiary/aromatic N) is 1. The van der Waals surface area contributed by atoms with Crippen molar-refractivity contribution < 1.29 is 126 Å². The van der Waals surface area contributed by atoms with E-state index in [0.29, 0.717) is 17.6 Å². The second-order valence-corrected chi connectivity index (χ2v) is 20.2. The van der Waals surface area contributed by atoms with Crippen molar-refractivity contribution in [3.8, 4) is 17.2 Å². The first-order valence-electron chi connectivity index (χ1n) is 32.6. The van der Waals surface area contributed by atoms with Crippen molar-refractivity contribution in [2.24, 2.45) is 0 Å². The fourth-order valence-corrected chi connectivity index (χ4v) is 6.19. The molecule has 1 fully saturated rings. The molecular weight excluding hydrogens is 4480 g/mol. The van der Waals surface area contributed by atoms with E-state index in [1.165, 1.54) is 58.0 Å². The van der Waals surface area contributed by atoms with E-state index in [0.717, 1.165) is 64.2 Å². The Hall–Kier alpha value is -23.5. The van der Waals surface area contributed by atoms with Gasteiger partial charge in [-0.15, -0.1) is 0 Å². The van der Waals surface area contributed by atoms with Crippen LogP contribution < -0.4 is 0 Å². The maximum absolute atomic E-state index is 12.2. The van der Waals surface area contributed by atoms with Crippen LogP contribution in [0, 0.1) is 84.9 Å². The molecular formula is C87H98ClF7NO20Rf11-11. The normalized spacial score (nSPS) is 8.85. The van der Waals surface area contributed by atoms with Crippen LogP contribution in [0.2, 0.25) is 0 Å². The van der Waals surface area contributed by atoms with Crippen molar-refractivity contribution in [3.63, 3.8) is 0 Å². The fourth-order valence-electron chi connectivity index (χ4n) is 6.15. The number of halogens is 8. The first-order valence-corrected chi connectivity index (χ1v) is 33.0. The molecule has 0 atom stereocenters. The molecule has 1 aliphatic rings. The molecule has 6 rings (SSSR count). The van der Waals surface area contributed by atoms with E-state index in [-0.39, 0.29) is 37.5 Å². The second-order valence-electron chi connectivity index (χ2n) is 19.7. The number of esters is 10. The van der Waals surface area contributed by atoms with Gasteiger partial charge in [-0.2, -0.15) is 144 Å². The molecule has 0 saturated heterocycles. The summed E-state index contributed by atoms with van der Waals surface area (Å²) in [6, 6.07) is 53.3. The van der Waals surface area contributed by atoms with Crippen LogP contribution in [0.4, 0.5) is 30.7 Å². The molecule has 0 amide bonds. The Bertz CT molecular complexity index is 3720. The zero-order valence-corrected chi connectivity index (χ0v) is 145. The van der Waals surface area contributed by atoms with Gasteiger partial charge in [0.05, 0.1) is 25.9 Å². The average molecular weight is 4580 g/mol. The zero-order valence-electron chi connectivity index (χ0n) is 74.2. The number of carbonyl (C=O) groups excluding carboxylic acids is 10. The minimum Gasteiger partial charge on any atom is -0.660 e. The molecule has 0 radical (unpaired) electrons. The van der Waals surface area contributed by atoms with Gasteiger partial charge in [-0.05, 0) is 35.1 Å². The number of benzene rings is 5. The first-order chi connectivity index (χ1) is 53.8. The summed E-state index contributed by atoms with van der Waals surface area (Å²) in [5, 5.41) is 7.96. The summed E-state index contributed by atoms with van der Waals surface area (Å²) in [5.74, 6) is -12.3. The Morgan fingerprint density at radius 2 is 0.709 bits per heavy atom. The van der Waals surface area contributed by atoms with Gasteiger partial charge in [0.2, 0.25) is 17.5 Å². The van der Waals surface area contributed by atoms with Gasteiger partial charge in [0, 0.05) is 12.0 Å². The van der Waals surface area contributed by atoms with Gasteiger partial charge in [-0.25, -0.2) is 43.2 Å². The summed E-state index contributed by atoms with van der Waals surface area (Å²) in [6.45, 7) is 49.3. The van der Waals surface area contributed by atoms with Crippen LogP contribution in [-0.4, -0.2) is 86.2 Å². The summed E-state index contributed by atoms with van der Waals surface area (Å²) in [5.41, 5.74) is 3.55. The van der Waals surface area contributed by atoms with E-state index >= 15 is 0 Å². The number of methoxy groups -OCH3 is 2. The Morgan fingerprint density at radius 3 is 0.969 bits per heavy atom. The summed E-state index contributed by atoms with van der Waals surface area (Å²) >= 11 is 5.12. The summed E-state index contributed by atoms with van der Waals surface area (Å²) in [6.07, 6.45) is 3.37. The van der Waals surface area contributed by atoms with Crippen molar-refractivity contribution in [2.75, 3.05) is 14.2 Å². The molecule has 0 bridgehead atoms. The van der Waals surface area contributed by atoms with E-state index in [2.05, 4.69) is 154 Å². The van der Waals surface area contributed by atoms with Crippen molar-refractivity contribution >= 4 is 76.9 Å². The smallest absolute Gasteiger partial charge is 0.422 e. The van der Waals surface area contributed by atoms with E-state index < -0.39 is 88.8 Å². The number of alkyl halides is 3. The number of nitriles is 1. The van der Waals surface area contributed by atoms with Crippen LogP contribution in [0.3, 0.4) is 0 Å². The third-order valence-electron chi connectivity index (χ3n) is 11.3. The van der Waals surface area contributed by atoms with Gasteiger partial charge in [0.1, 0.15) is 28.2 Å². The quantitative estimate of drug-likeness (QED) is 0.0155. The van der Waals surface area contributed by atoms with E-state index in [1.807, 2.05) is 115 Å². The SMILES string of the molecule is C=C(C#N)C(=O)O[CH-]C.C=C(C(=O)O[CH-]C)C(F)(F)F.C=C(C(=O)O[CH-]C)c1ccccc1.C=C(Cc1ccccc1)C(=O)O[CH-]C.C=C(Cl)C(=O)O[CH-]C.C=C(F)C(=O)OC.C=C(F)C(=O)OC.C=C(F)C(=O)OC1CC[CH-]CC1.C=C(F)C(=O)O[CH-]C.C=[C-]C(=O)O[CH-]C.[CH3-].[CH3-].[Rf].[Rf].[Rf].[Rf].[Rf].[Rf].[Rf].[Rf].[Rf].[Rf].[Rf].c1ccc(-c2ccccc2)cc1.c1ccccc1. The Balaban J connectivity index is -0.0000000589. The Morgan fingerprint density at radius 1 is 0.425 bits per heavy atom. The van der Waals surface area contributed by atoms with Gasteiger partial charge in [0.25, 0.3) is 0 Å². The van der Waals surface area contributed by atoms with Crippen LogP contribution in [0.15, 0.2) is 269 Å². The predicted octanol–water partition coefficient (Wildman–Crippen LogP) is 20.3. The van der Waals surface area contributed by atoms with Crippen LogP contribution >= 0.6 is 11.6 Å². The van der Waals surface area contributed by atoms with Gasteiger partial charge in [-0.1, -0.05) is 229 Å². The van der Waals surface area contributed by atoms with Gasteiger partial charge < -0.3 is 74.7 Å². The number of hydrogen-bond acceptors (Lipinski definition) is 21. The third kappa shape index (κ3) is 86.3. The molecule has 660 valence electrons. The molecule has 0 N–H and O–H groups in total. The Kier molecular flexibility index (Phi) is 114. The molecule has 5 aromatic rings. The molecule has 0 heterocycles. The van der Waals surface area contributed by atoms with Crippen LogP contribution in [0.5, 0.6) is 0 Å². The van der Waals surface area contributed by atoms with Gasteiger partial charge in [-0.3, -0.25) is 11.4 Å². The van der Waals surface area contributed by atoms with Crippen molar-refractivity contribution in [3.05, 3.63) is 353 Å². The molecule has 0 aromatic heterocycles. The number of rotatable bonds is 22. The van der Waals surface area contributed by atoms with Crippen molar-refractivity contribution in [2.45, 2.75) is 92.9 Å². The molecule has 0 unspecified atom stereocenters. The second kappa shape index (κ2) is 94.9. The molecule has 40 heteroatoms. The average Bonchev–Trinajstić information content (AvgIpc) is 0.900. The van der Waals surface area contributed by atoms with Crippen LogP contribution in [0.1, 0.15) is 85.3 Å². The maximum Gasteiger partial charge on any atom is 0.422 e. The minimum absolute atomic E-state index is 0. The molecule has 127 heavy (non-hydrogen) atoms. The van der Waals surface area contributed by atoms with Crippen LogP contribution in [-0.2, 0) is 102 Å². The minimum atomic E-state index is -4.71. The van der Waals surface area contributed by atoms with Gasteiger partial charge >= 0.3 is 59.9 Å². The number of ether oxygens (including phenoxy) is 10. The molecule has 5 aromatic carbocycles. The largest absolute Gasteiger partial charge is 0.660 e. The summed E-state index contributed by atoms with van der Waals surface area (Å²) < 4.78 is 124. The van der Waals surface area contributed by atoms with Crippen molar-refractivity contribution in [1.29, 1.82) is 5.26 Å².